The minimum Gasteiger partial charge on any atom is -0.458 e. The minimum atomic E-state index is -0.935. The molecule has 10 heteroatoms. The number of esters is 1. The van der Waals surface area contributed by atoms with Gasteiger partial charge in [-0.3, -0.25) is 19.5 Å². The Hall–Kier alpha value is -3.60. The molecule has 2 fully saturated rings. The average molecular weight is 562 g/mol. The maximum atomic E-state index is 13.4. The highest BCUT2D eigenvalue weighted by molar-refractivity contribution is 5.94. The van der Waals surface area contributed by atoms with Crippen LogP contribution in [0.5, 0.6) is 0 Å². The zero-order chi connectivity index (χ0) is 29.1. The monoisotopic (exact) mass is 561 g/mol. The van der Waals surface area contributed by atoms with Crippen molar-refractivity contribution in [1.82, 2.24) is 19.8 Å². The molecule has 2 aliphatic rings. The predicted octanol–water partition coefficient (Wildman–Crippen LogP) is 2.79. The van der Waals surface area contributed by atoms with E-state index in [1.54, 1.807) is 23.9 Å². The summed E-state index contributed by atoms with van der Waals surface area (Å²) in [6.07, 6.45) is 5.08. The highest BCUT2D eigenvalue weighted by atomic mass is 16.5. The maximum absolute atomic E-state index is 13.4. The lowest BCUT2D eigenvalue weighted by Crippen LogP contribution is -2.63. The number of fused-ring (bicyclic) bond motifs is 3. The number of amides is 1. The molecule has 3 N–H and O–H groups in total. The van der Waals surface area contributed by atoms with E-state index < -0.39 is 23.5 Å². The summed E-state index contributed by atoms with van der Waals surface area (Å²) in [6, 6.07) is 12.9. The zero-order valence-corrected chi connectivity index (χ0v) is 23.9. The van der Waals surface area contributed by atoms with Gasteiger partial charge in [-0.25, -0.2) is 4.79 Å². The van der Waals surface area contributed by atoms with Crippen LogP contribution in [0.1, 0.15) is 61.5 Å². The van der Waals surface area contributed by atoms with Gasteiger partial charge in [0.25, 0.3) is 5.56 Å². The Morgan fingerprint density at radius 2 is 2.02 bits per heavy atom. The van der Waals surface area contributed by atoms with Crippen LogP contribution >= 0.6 is 0 Å². The fraction of sp³-hybridized carbons (Fsp3) is 0.484. The Bertz CT molecular complexity index is 1460. The van der Waals surface area contributed by atoms with Gasteiger partial charge in [0.15, 0.2) is 0 Å². The molecule has 0 aliphatic carbocycles. The number of nitrogens with one attached hydrogen (secondary N) is 1. The molecule has 1 aromatic carbocycles. The van der Waals surface area contributed by atoms with Crippen molar-refractivity contribution in [2.75, 3.05) is 20.2 Å². The molecular weight excluding hydrogens is 522 g/mol. The summed E-state index contributed by atoms with van der Waals surface area (Å²) >= 11 is 0. The molecule has 2 bridgehead atoms. The lowest BCUT2D eigenvalue weighted by molar-refractivity contribution is -0.137. The number of aromatic nitrogens is 2. The molecule has 218 valence electrons. The van der Waals surface area contributed by atoms with Crippen LogP contribution in [0.3, 0.4) is 0 Å². The summed E-state index contributed by atoms with van der Waals surface area (Å²) in [5.41, 5.74) is 6.56. The van der Waals surface area contributed by atoms with Gasteiger partial charge in [0.1, 0.15) is 17.2 Å². The van der Waals surface area contributed by atoms with Crippen molar-refractivity contribution in [1.29, 1.82) is 0 Å². The molecule has 4 heterocycles. The number of piperidine rings is 1. The zero-order valence-electron chi connectivity index (χ0n) is 23.9. The van der Waals surface area contributed by atoms with Crippen LogP contribution in [0.25, 0.3) is 10.9 Å². The molecule has 0 radical (unpaired) electrons. The Balaban J connectivity index is 1.30. The number of primary amides is 1. The highest BCUT2D eigenvalue weighted by Gasteiger charge is 2.56. The number of rotatable bonds is 11. The van der Waals surface area contributed by atoms with Crippen LogP contribution in [0, 0.1) is 0 Å². The summed E-state index contributed by atoms with van der Waals surface area (Å²) in [5, 5.41) is 4.20. The first-order chi connectivity index (χ1) is 19.7. The molecule has 4 atom stereocenters. The molecule has 5 rings (SSSR count). The number of carbonyl (C=O) groups excluding carboxylic acids is 2. The number of hydrogen-bond acceptors (Lipinski definition) is 8. The first-order valence-corrected chi connectivity index (χ1v) is 14.3. The molecule has 2 aromatic heterocycles. The van der Waals surface area contributed by atoms with E-state index in [1.807, 2.05) is 56.4 Å². The van der Waals surface area contributed by atoms with Gasteiger partial charge in [0, 0.05) is 64.1 Å². The third-order valence-corrected chi connectivity index (χ3v) is 8.55. The number of para-hydroxylation sites is 1. The van der Waals surface area contributed by atoms with Gasteiger partial charge in [0.2, 0.25) is 5.91 Å². The molecule has 1 amide bonds. The lowest BCUT2D eigenvalue weighted by atomic mass is 9.85. The second-order valence-corrected chi connectivity index (χ2v) is 11.4. The summed E-state index contributed by atoms with van der Waals surface area (Å²) in [6.45, 7) is 5.59. The van der Waals surface area contributed by atoms with Crippen molar-refractivity contribution >= 4 is 22.8 Å². The van der Waals surface area contributed by atoms with E-state index in [9.17, 15) is 14.4 Å². The largest absolute Gasteiger partial charge is 0.458 e. The summed E-state index contributed by atoms with van der Waals surface area (Å²) in [7, 11) is 1.66. The van der Waals surface area contributed by atoms with Crippen molar-refractivity contribution in [2.45, 2.75) is 75.9 Å². The minimum absolute atomic E-state index is 0.000519. The molecule has 10 nitrogen and oxygen atoms in total. The number of pyridine rings is 2. The van der Waals surface area contributed by atoms with E-state index in [4.69, 9.17) is 15.2 Å². The number of carbonyl (C=O) groups is 2. The summed E-state index contributed by atoms with van der Waals surface area (Å²) in [5.74, 6) is -1.09. The van der Waals surface area contributed by atoms with Crippen LogP contribution in [-0.4, -0.2) is 70.3 Å². The fourth-order valence-electron chi connectivity index (χ4n) is 6.54. The maximum Gasteiger partial charge on any atom is 0.344 e. The SMILES string of the molecule is COC(CNCc1cccnc1)CN1C2CCC1(C(N)=O)CC(OC(=O)c1cc3ccccc3n(C(C)C)c1=O)C2. The number of benzene rings is 1. The molecule has 41 heavy (non-hydrogen) atoms. The van der Waals surface area contributed by atoms with Crippen molar-refractivity contribution < 1.29 is 19.1 Å². The molecule has 2 saturated heterocycles. The first kappa shape index (κ1) is 28.9. The molecule has 3 aromatic rings. The molecule has 0 saturated carbocycles. The average Bonchev–Trinajstić information content (AvgIpc) is 3.16. The second-order valence-electron chi connectivity index (χ2n) is 11.4. The normalized spacial score (nSPS) is 23.1. The van der Waals surface area contributed by atoms with Gasteiger partial charge >= 0.3 is 5.97 Å². The first-order valence-electron chi connectivity index (χ1n) is 14.3. The van der Waals surface area contributed by atoms with Gasteiger partial charge in [-0.1, -0.05) is 24.3 Å². The number of ether oxygens (including phenoxy) is 2. The number of methoxy groups -OCH3 is 1. The summed E-state index contributed by atoms with van der Waals surface area (Å²) < 4.78 is 13.4. The van der Waals surface area contributed by atoms with Crippen LogP contribution in [0.15, 0.2) is 59.7 Å². The Morgan fingerprint density at radius 1 is 1.22 bits per heavy atom. The smallest absolute Gasteiger partial charge is 0.344 e. The fourth-order valence-corrected chi connectivity index (χ4v) is 6.54. The Kier molecular flexibility index (Phi) is 8.53. The quantitative estimate of drug-likeness (QED) is 0.342. The molecular formula is C31H39N5O5. The number of nitrogens with zero attached hydrogens (tertiary/aromatic N) is 3. The van der Waals surface area contributed by atoms with Crippen molar-refractivity contribution in [3.8, 4) is 0 Å². The van der Waals surface area contributed by atoms with E-state index >= 15 is 0 Å². The van der Waals surface area contributed by atoms with Crippen LogP contribution < -0.4 is 16.6 Å². The van der Waals surface area contributed by atoms with Crippen LogP contribution in [0.2, 0.25) is 0 Å². The molecule has 2 aliphatic heterocycles. The second kappa shape index (κ2) is 12.1. The van der Waals surface area contributed by atoms with Crippen LogP contribution in [-0.2, 0) is 20.8 Å². The van der Waals surface area contributed by atoms with E-state index in [1.165, 1.54) is 0 Å². The van der Waals surface area contributed by atoms with Gasteiger partial charge in [-0.2, -0.15) is 0 Å². The van der Waals surface area contributed by atoms with Crippen LogP contribution in [0.4, 0.5) is 0 Å². The highest BCUT2D eigenvalue weighted by Crippen LogP contribution is 2.45. The van der Waals surface area contributed by atoms with Gasteiger partial charge in [0.05, 0.1) is 11.6 Å². The van der Waals surface area contributed by atoms with E-state index in [-0.39, 0.29) is 35.7 Å². The molecule has 0 spiro atoms. The number of hydrogen-bond donors (Lipinski definition) is 2. The third-order valence-electron chi connectivity index (χ3n) is 8.55. The van der Waals surface area contributed by atoms with E-state index in [2.05, 4.69) is 15.2 Å². The number of nitrogens with two attached hydrogens (primary N) is 1. The lowest BCUT2D eigenvalue weighted by Gasteiger charge is -2.46. The van der Waals surface area contributed by atoms with Crippen molar-refractivity contribution in [3.63, 3.8) is 0 Å². The van der Waals surface area contributed by atoms with Gasteiger partial charge in [-0.05, 0) is 55.8 Å². The standard InChI is InChI=1S/C31H39N5O5/c1-20(2)36-27-9-5-4-8-22(27)13-26(28(36)37)29(38)41-24-14-23-10-11-31(15-24,30(32)39)35(23)19-25(40-3)18-34-17-21-7-6-12-33-16-21/h4-9,12-13,16,20,23-25,34H,10-11,14-15,17-19H2,1-3H3,(H2,32,39). The van der Waals surface area contributed by atoms with E-state index in [0.29, 0.717) is 32.5 Å². The Morgan fingerprint density at radius 3 is 2.73 bits per heavy atom. The third kappa shape index (κ3) is 5.77. The van der Waals surface area contributed by atoms with Gasteiger partial charge in [-0.15, -0.1) is 0 Å². The predicted molar refractivity (Wildman–Crippen MR) is 155 cm³/mol. The Labute approximate surface area is 239 Å². The summed E-state index contributed by atoms with van der Waals surface area (Å²) in [4.78, 5) is 46.0. The van der Waals surface area contributed by atoms with Gasteiger partial charge < -0.3 is 25.1 Å². The molecule has 4 unspecified atom stereocenters. The van der Waals surface area contributed by atoms with E-state index in [0.717, 1.165) is 22.9 Å². The van der Waals surface area contributed by atoms with Crippen molar-refractivity contribution in [3.05, 3.63) is 76.3 Å². The topological polar surface area (TPSA) is 129 Å². The van der Waals surface area contributed by atoms with Crippen molar-refractivity contribution in [2.24, 2.45) is 5.73 Å².